The molecular formula is C16H15Br2NO2. The summed E-state index contributed by atoms with van der Waals surface area (Å²) in [6.07, 6.45) is -0.581. The highest BCUT2D eigenvalue weighted by atomic mass is 79.9. The molecule has 3 nitrogen and oxygen atoms in total. The Bertz CT molecular complexity index is 658. The van der Waals surface area contributed by atoms with Crippen LogP contribution in [0.15, 0.2) is 51.4 Å². The van der Waals surface area contributed by atoms with E-state index in [1.165, 1.54) is 0 Å². The normalized spacial score (nSPS) is 11.8. The average Bonchev–Trinajstić information content (AvgIpc) is 2.41. The number of aryl methyl sites for hydroxylation is 1. The Kier molecular flexibility index (Phi) is 5.42. The molecular weight excluding hydrogens is 398 g/mol. The zero-order chi connectivity index (χ0) is 15.4. The van der Waals surface area contributed by atoms with Gasteiger partial charge in [0.2, 0.25) is 0 Å². The number of benzene rings is 2. The second-order valence-electron chi connectivity index (χ2n) is 4.69. The van der Waals surface area contributed by atoms with Gasteiger partial charge in [-0.2, -0.15) is 0 Å². The van der Waals surface area contributed by atoms with Crippen LogP contribution in [-0.4, -0.2) is 12.0 Å². The van der Waals surface area contributed by atoms with Crippen LogP contribution in [0.1, 0.15) is 12.5 Å². The number of nitrogens with one attached hydrogen (secondary N) is 1. The Balaban J connectivity index is 2.02. The highest BCUT2D eigenvalue weighted by molar-refractivity contribution is 9.11. The summed E-state index contributed by atoms with van der Waals surface area (Å²) in [6.45, 7) is 3.71. The molecule has 5 heteroatoms. The lowest BCUT2D eigenvalue weighted by Crippen LogP contribution is -2.30. The van der Waals surface area contributed by atoms with Gasteiger partial charge in [0.05, 0.1) is 5.69 Å². The fraction of sp³-hybridized carbons (Fsp3) is 0.188. The van der Waals surface area contributed by atoms with Gasteiger partial charge in [-0.1, -0.05) is 28.1 Å². The Hall–Kier alpha value is -1.33. The van der Waals surface area contributed by atoms with E-state index in [4.69, 9.17) is 4.74 Å². The third kappa shape index (κ3) is 4.58. The molecule has 0 aromatic heterocycles. The summed E-state index contributed by atoms with van der Waals surface area (Å²) in [5, 5.41) is 2.84. The van der Waals surface area contributed by atoms with Gasteiger partial charge in [0.1, 0.15) is 5.75 Å². The first-order valence-corrected chi connectivity index (χ1v) is 8.03. The number of ether oxygens (including phenoxy) is 1. The largest absolute Gasteiger partial charge is 0.481 e. The van der Waals surface area contributed by atoms with Crippen molar-refractivity contribution in [3.63, 3.8) is 0 Å². The molecule has 0 heterocycles. The van der Waals surface area contributed by atoms with E-state index in [1.807, 2.05) is 49.4 Å². The van der Waals surface area contributed by atoms with Crippen LogP contribution in [-0.2, 0) is 4.79 Å². The lowest BCUT2D eigenvalue weighted by molar-refractivity contribution is -0.122. The average molecular weight is 413 g/mol. The van der Waals surface area contributed by atoms with Crippen LogP contribution in [0.5, 0.6) is 5.75 Å². The molecule has 0 bridgehead atoms. The van der Waals surface area contributed by atoms with E-state index >= 15 is 0 Å². The molecule has 0 fully saturated rings. The van der Waals surface area contributed by atoms with E-state index in [-0.39, 0.29) is 5.91 Å². The molecule has 0 saturated heterocycles. The molecule has 1 amide bonds. The minimum absolute atomic E-state index is 0.195. The van der Waals surface area contributed by atoms with Crippen molar-refractivity contribution in [3.8, 4) is 5.75 Å². The second kappa shape index (κ2) is 7.09. The molecule has 0 aliphatic heterocycles. The molecule has 2 aromatic carbocycles. The fourth-order valence-electron chi connectivity index (χ4n) is 1.77. The van der Waals surface area contributed by atoms with Crippen LogP contribution < -0.4 is 10.1 Å². The van der Waals surface area contributed by atoms with E-state index in [1.54, 1.807) is 6.92 Å². The van der Waals surface area contributed by atoms with Gasteiger partial charge in [0.25, 0.3) is 5.91 Å². The van der Waals surface area contributed by atoms with Gasteiger partial charge in [0, 0.05) is 8.95 Å². The highest BCUT2D eigenvalue weighted by Crippen LogP contribution is 2.26. The van der Waals surface area contributed by atoms with Crippen LogP contribution in [0, 0.1) is 6.92 Å². The molecule has 0 aliphatic rings. The Labute approximate surface area is 141 Å². The first-order chi connectivity index (χ1) is 9.95. The minimum Gasteiger partial charge on any atom is -0.481 e. The monoisotopic (exact) mass is 411 g/mol. The number of carbonyl (C=O) groups excluding carboxylic acids is 1. The lowest BCUT2D eigenvalue weighted by atomic mass is 10.2. The summed E-state index contributed by atoms with van der Waals surface area (Å²) in [7, 11) is 0. The third-order valence-corrected chi connectivity index (χ3v) is 4.01. The second-order valence-corrected chi connectivity index (χ2v) is 6.46. The van der Waals surface area contributed by atoms with Crippen molar-refractivity contribution in [2.45, 2.75) is 20.0 Å². The predicted octanol–water partition coefficient (Wildman–Crippen LogP) is 4.93. The summed E-state index contributed by atoms with van der Waals surface area (Å²) >= 11 is 6.79. The molecule has 0 saturated carbocycles. The van der Waals surface area contributed by atoms with Crippen molar-refractivity contribution in [2.24, 2.45) is 0 Å². The summed E-state index contributed by atoms with van der Waals surface area (Å²) in [4.78, 5) is 12.2. The van der Waals surface area contributed by atoms with Crippen molar-refractivity contribution in [1.29, 1.82) is 0 Å². The zero-order valence-electron chi connectivity index (χ0n) is 11.7. The number of halogens is 2. The van der Waals surface area contributed by atoms with Gasteiger partial charge in [-0.25, -0.2) is 0 Å². The van der Waals surface area contributed by atoms with Crippen molar-refractivity contribution >= 4 is 43.5 Å². The molecule has 1 N–H and O–H groups in total. The van der Waals surface area contributed by atoms with Crippen LogP contribution in [0.4, 0.5) is 5.69 Å². The number of carbonyl (C=O) groups is 1. The standard InChI is InChI=1S/C16H15Br2NO2/c1-10-4-3-5-13(8-10)21-11(2)16(20)19-15-7-6-12(17)9-14(15)18/h3-9,11H,1-2H3,(H,19,20)/t11-/m1/s1. The maximum absolute atomic E-state index is 12.2. The Morgan fingerprint density at radius 3 is 2.62 bits per heavy atom. The van der Waals surface area contributed by atoms with E-state index in [0.717, 1.165) is 14.5 Å². The molecule has 21 heavy (non-hydrogen) atoms. The number of amides is 1. The Morgan fingerprint density at radius 2 is 1.95 bits per heavy atom. The predicted molar refractivity (Wildman–Crippen MR) is 91.7 cm³/mol. The molecule has 0 radical (unpaired) electrons. The van der Waals surface area contributed by atoms with Crippen molar-refractivity contribution in [1.82, 2.24) is 0 Å². The van der Waals surface area contributed by atoms with Gasteiger partial charge in [-0.3, -0.25) is 4.79 Å². The van der Waals surface area contributed by atoms with E-state index in [2.05, 4.69) is 37.2 Å². The van der Waals surface area contributed by atoms with E-state index in [0.29, 0.717) is 11.4 Å². The van der Waals surface area contributed by atoms with E-state index in [9.17, 15) is 4.79 Å². The SMILES string of the molecule is Cc1cccc(O[C@H](C)C(=O)Nc2ccc(Br)cc2Br)c1. The van der Waals surface area contributed by atoms with Gasteiger partial charge in [-0.05, 0) is 65.7 Å². The molecule has 0 unspecified atom stereocenters. The van der Waals surface area contributed by atoms with Crippen LogP contribution >= 0.6 is 31.9 Å². The van der Waals surface area contributed by atoms with Crippen molar-refractivity contribution < 1.29 is 9.53 Å². The maximum atomic E-state index is 12.2. The molecule has 1 atom stereocenters. The quantitative estimate of drug-likeness (QED) is 0.773. The summed E-state index contributed by atoms with van der Waals surface area (Å²) in [5.74, 6) is 0.493. The topological polar surface area (TPSA) is 38.3 Å². The fourth-order valence-corrected chi connectivity index (χ4v) is 2.92. The smallest absolute Gasteiger partial charge is 0.265 e. The van der Waals surface area contributed by atoms with Gasteiger partial charge in [0.15, 0.2) is 6.10 Å². The van der Waals surface area contributed by atoms with Crippen molar-refractivity contribution in [3.05, 3.63) is 57.0 Å². The van der Waals surface area contributed by atoms with Crippen molar-refractivity contribution in [2.75, 3.05) is 5.32 Å². The number of hydrogen-bond donors (Lipinski definition) is 1. The van der Waals surface area contributed by atoms with Gasteiger partial charge < -0.3 is 10.1 Å². The molecule has 2 aromatic rings. The maximum Gasteiger partial charge on any atom is 0.265 e. The lowest BCUT2D eigenvalue weighted by Gasteiger charge is -2.15. The molecule has 0 aliphatic carbocycles. The number of hydrogen-bond acceptors (Lipinski definition) is 2. The number of anilines is 1. The first-order valence-electron chi connectivity index (χ1n) is 6.45. The summed E-state index contributed by atoms with van der Waals surface area (Å²) in [6, 6.07) is 13.2. The van der Waals surface area contributed by atoms with Crippen LogP contribution in [0.3, 0.4) is 0 Å². The van der Waals surface area contributed by atoms with Gasteiger partial charge in [-0.15, -0.1) is 0 Å². The molecule has 0 spiro atoms. The minimum atomic E-state index is -0.581. The van der Waals surface area contributed by atoms with Crippen LogP contribution in [0.25, 0.3) is 0 Å². The highest BCUT2D eigenvalue weighted by Gasteiger charge is 2.16. The Morgan fingerprint density at radius 1 is 1.19 bits per heavy atom. The zero-order valence-corrected chi connectivity index (χ0v) is 14.9. The number of rotatable bonds is 4. The third-order valence-electron chi connectivity index (χ3n) is 2.86. The molecule has 2 rings (SSSR count). The first kappa shape index (κ1) is 16.0. The van der Waals surface area contributed by atoms with E-state index < -0.39 is 6.10 Å². The van der Waals surface area contributed by atoms with Crippen LogP contribution in [0.2, 0.25) is 0 Å². The summed E-state index contributed by atoms with van der Waals surface area (Å²) in [5.41, 5.74) is 1.80. The molecule has 110 valence electrons. The van der Waals surface area contributed by atoms with Gasteiger partial charge >= 0.3 is 0 Å². The summed E-state index contributed by atoms with van der Waals surface area (Å²) < 4.78 is 7.41.